The summed E-state index contributed by atoms with van der Waals surface area (Å²) in [6, 6.07) is 7.32. The van der Waals surface area contributed by atoms with Crippen LogP contribution in [-0.2, 0) is 30.2 Å². The Morgan fingerprint density at radius 2 is 1.59 bits per heavy atom. The van der Waals surface area contributed by atoms with Crippen LogP contribution >= 0.6 is 0 Å². The van der Waals surface area contributed by atoms with Crippen molar-refractivity contribution in [3.8, 4) is 34.3 Å². The maximum atomic E-state index is 14.3. The van der Waals surface area contributed by atoms with Crippen molar-refractivity contribution in [2.45, 2.75) is 95.5 Å². The average molecular weight is 719 g/mol. The van der Waals surface area contributed by atoms with Gasteiger partial charge in [-0.15, -0.1) is 0 Å². The standard InChI is InChI=1S/C35H42O16/c1-14(2)6-11-19-20(38)12-21(39)23-25(41)32(30(49-31(19)23)17-7-9-18(45-5)10-8-17)50-35-28(44)33(29(15(3)46-35)47-16(4)37)51-34-27(43)26(42)24(40)22(13-36)48-34/h6-10,12,15,22,24,26-29,33-36,38-40,42-44H,11,13H2,1-5H3/t15-,22+,24+,26-,27-,28-,29-,33+,34-,35-/m0/s1. The van der Waals surface area contributed by atoms with Gasteiger partial charge in [-0.1, -0.05) is 11.6 Å². The Hall–Kier alpha value is -4.26. The van der Waals surface area contributed by atoms with Gasteiger partial charge in [0.2, 0.25) is 17.5 Å². The number of hydrogen-bond donors (Lipinski definition) is 7. The molecule has 5 rings (SSSR count). The fraction of sp³-hybridized carbons (Fsp3) is 0.486. The molecule has 16 nitrogen and oxygen atoms in total. The van der Waals surface area contributed by atoms with Gasteiger partial charge in [-0.3, -0.25) is 9.59 Å². The maximum absolute atomic E-state index is 14.3. The molecule has 0 amide bonds. The molecule has 51 heavy (non-hydrogen) atoms. The highest BCUT2D eigenvalue weighted by Gasteiger charge is 2.52. The van der Waals surface area contributed by atoms with Gasteiger partial charge < -0.3 is 68.6 Å². The molecule has 2 aliphatic rings. The van der Waals surface area contributed by atoms with Crippen molar-refractivity contribution < 1.29 is 73.4 Å². The number of aliphatic hydroxyl groups is 5. The molecule has 2 saturated heterocycles. The number of hydrogen-bond acceptors (Lipinski definition) is 16. The van der Waals surface area contributed by atoms with E-state index in [1.165, 1.54) is 14.0 Å². The number of allylic oxidation sites excluding steroid dienone is 2. The summed E-state index contributed by atoms with van der Waals surface area (Å²) in [6.45, 7) is 5.49. The zero-order valence-corrected chi connectivity index (χ0v) is 28.5. The molecule has 7 N–H and O–H groups in total. The van der Waals surface area contributed by atoms with E-state index in [9.17, 15) is 45.3 Å². The lowest BCUT2D eigenvalue weighted by molar-refractivity contribution is -0.350. The first-order valence-corrected chi connectivity index (χ1v) is 16.1. The molecule has 10 atom stereocenters. The Balaban J connectivity index is 1.62. The van der Waals surface area contributed by atoms with E-state index in [0.29, 0.717) is 11.3 Å². The van der Waals surface area contributed by atoms with E-state index in [1.54, 1.807) is 30.3 Å². The number of methoxy groups -OCH3 is 1. The smallest absolute Gasteiger partial charge is 0.303 e. The number of fused-ring (bicyclic) bond motifs is 1. The molecular weight excluding hydrogens is 676 g/mol. The molecule has 3 heterocycles. The minimum Gasteiger partial charge on any atom is -0.507 e. The van der Waals surface area contributed by atoms with Crippen LogP contribution in [0.4, 0.5) is 0 Å². The molecule has 0 unspecified atom stereocenters. The number of carbonyl (C=O) groups is 1. The van der Waals surface area contributed by atoms with Crippen LogP contribution in [0.2, 0.25) is 0 Å². The number of rotatable bonds is 10. The van der Waals surface area contributed by atoms with Gasteiger partial charge in [0.15, 0.2) is 18.2 Å². The van der Waals surface area contributed by atoms with Gasteiger partial charge in [-0.25, -0.2) is 0 Å². The molecule has 0 radical (unpaired) electrons. The predicted molar refractivity (Wildman–Crippen MR) is 176 cm³/mol. The van der Waals surface area contributed by atoms with E-state index >= 15 is 0 Å². The number of ether oxygens (including phenoxy) is 6. The van der Waals surface area contributed by atoms with Gasteiger partial charge in [0.05, 0.1) is 19.8 Å². The highest BCUT2D eigenvalue weighted by molar-refractivity contribution is 5.91. The number of phenols is 2. The number of phenolic OH excluding ortho intramolecular Hbond substituents is 2. The van der Waals surface area contributed by atoms with Crippen LogP contribution in [0.15, 0.2) is 51.2 Å². The summed E-state index contributed by atoms with van der Waals surface area (Å²) in [5.41, 5.74) is 0.409. The summed E-state index contributed by atoms with van der Waals surface area (Å²) in [4.78, 5) is 26.4. The quantitative estimate of drug-likeness (QED) is 0.114. The van der Waals surface area contributed by atoms with Crippen molar-refractivity contribution >= 4 is 16.9 Å². The molecule has 0 bridgehead atoms. The monoisotopic (exact) mass is 718 g/mol. The van der Waals surface area contributed by atoms with Crippen molar-refractivity contribution in [3.63, 3.8) is 0 Å². The second kappa shape index (κ2) is 15.5. The Labute approximate surface area is 291 Å². The summed E-state index contributed by atoms with van der Waals surface area (Å²) in [6.07, 6.45) is -14.3. The highest BCUT2D eigenvalue weighted by atomic mass is 16.7. The Bertz CT molecular complexity index is 1800. The van der Waals surface area contributed by atoms with E-state index in [0.717, 1.165) is 18.6 Å². The number of esters is 1. The summed E-state index contributed by atoms with van der Waals surface area (Å²) in [7, 11) is 1.47. The topological polar surface area (TPSA) is 244 Å². The van der Waals surface area contributed by atoms with Crippen LogP contribution in [-0.4, -0.2) is 117 Å². The first-order chi connectivity index (χ1) is 24.2. The van der Waals surface area contributed by atoms with Gasteiger partial charge in [-0.2, -0.15) is 0 Å². The molecule has 2 aliphatic heterocycles. The predicted octanol–water partition coefficient (Wildman–Crippen LogP) is 0.990. The fourth-order valence-electron chi connectivity index (χ4n) is 5.96. The largest absolute Gasteiger partial charge is 0.507 e. The van der Waals surface area contributed by atoms with E-state index in [1.807, 2.05) is 13.8 Å². The zero-order valence-electron chi connectivity index (χ0n) is 28.5. The third-order valence-electron chi connectivity index (χ3n) is 8.68. The molecule has 0 spiro atoms. The van der Waals surface area contributed by atoms with Crippen LogP contribution < -0.4 is 14.9 Å². The Kier molecular flexibility index (Phi) is 11.6. The minimum absolute atomic E-state index is 0.120. The third kappa shape index (κ3) is 7.68. The number of benzene rings is 2. The molecule has 2 fully saturated rings. The van der Waals surface area contributed by atoms with Crippen molar-refractivity contribution in [2.24, 2.45) is 0 Å². The number of carbonyl (C=O) groups excluding carboxylic acids is 1. The molecule has 0 aliphatic carbocycles. The van der Waals surface area contributed by atoms with Crippen LogP contribution in [0.1, 0.15) is 33.3 Å². The van der Waals surface area contributed by atoms with Gasteiger partial charge in [0.25, 0.3) is 0 Å². The molecule has 0 saturated carbocycles. The number of aromatic hydroxyl groups is 2. The average Bonchev–Trinajstić information content (AvgIpc) is 3.08. The first kappa shape index (κ1) is 38.0. The molecule has 1 aromatic heterocycles. The highest BCUT2D eigenvalue weighted by Crippen LogP contribution is 2.41. The second-order valence-electron chi connectivity index (χ2n) is 12.6. The van der Waals surface area contributed by atoms with E-state index in [2.05, 4.69) is 0 Å². The van der Waals surface area contributed by atoms with Crippen molar-refractivity contribution in [3.05, 3.63) is 57.8 Å². The molecular formula is C35H42O16. The van der Waals surface area contributed by atoms with Crippen LogP contribution in [0.5, 0.6) is 23.0 Å². The van der Waals surface area contributed by atoms with Gasteiger partial charge in [0.1, 0.15) is 64.8 Å². The summed E-state index contributed by atoms with van der Waals surface area (Å²) in [5.74, 6) is -1.93. The SMILES string of the molecule is COc1ccc(-c2oc3c(CC=C(C)C)c(O)cc(O)c3c(=O)c2O[C@@H]2O[C@@H](C)[C@H](OC(C)=O)[C@H](O[C@@H]3O[C@H](CO)[C@@H](O)[C@H](O)[C@@H]3O)[C@@H]2O)cc1. The number of aliphatic hydroxyl groups excluding tert-OH is 5. The lowest BCUT2D eigenvalue weighted by Crippen LogP contribution is -2.65. The first-order valence-electron chi connectivity index (χ1n) is 16.1. The van der Waals surface area contributed by atoms with Crippen molar-refractivity contribution in [2.75, 3.05) is 13.7 Å². The van der Waals surface area contributed by atoms with Crippen molar-refractivity contribution in [1.29, 1.82) is 0 Å². The zero-order chi connectivity index (χ0) is 37.3. The van der Waals surface area contributed by atoms with Gasteiger partial charge >= 0.3 is 5.97 Å². The van der Waals surface area contributed by atoms with Gasteiger partial charge in [-0.05, 0) is 51.5 Å². The van der Waals surface area contributed by atoms with Crippen LogP contribution in [0, 0.1) is 0 Å². The third-order valence-corrected chi connectivity index (χ3v) is 8.68. The van der Waals surface area contributed by atoms with Gasteiger partial charge in [0, 0.05) is 24.1 Å². The minimum atomic E-state index is -1.90. The molecule has 3 aromatic rings. The maximum Gasteiger partial charge on any atom is 0.303 e. The molecule has 16 heteroatoms. The summed E-state index contributed by atoms with van der Waals surface area (Å²) in [5, 5.41) is 73.8. The Morgan fingerprint density at radius 1 is 0.902 bits per heavy atom. The Morgan fingerprint density at radius 3 is 2.20 bits per heavy atom. The van der Waals surface area contributed by atoms with Crippen LogP contribution in [0.25, 0.3) is 22.3 Å². The second-order valence-corrected chi connectivity index (χ2v) is 12.6. The lowest BCUT2D eigenvalue weighted by Gasteiger charge is -2.46. The summed E-state index contributed by atoms with van der Waals surface area (Å²) >= 11 is 0. The van der Waals surface area contributed by atoms with Crippen molar-refractivity contribution in [1.82, 2.24) is 0 Å². The molecule has 2 aromatic carbocycles. The van der Waals surface area contributed by atoms with E-state index < -0.39 is 90.9 Å². The van der Waals surface area contributed by atoms with Crippen LogP contribution in [0.3, 0.4) is 0 Å². The fourth-order valence-corrected chi connectivity index (χ4v) is 5.96. The van der Waals surface area contributed by atoms with E-state index in [4.69, 9.17) is 32.8 Å². The lowest BCUT2D eigenvalue weighted by atomic mass is 9.97. The normalized spacial score (nSPS) is 29.4. The molecule has 278 valence electrons. The van der Waals surface area contributed by atoms with E-state index in [-0.39, 0.29) is 34.5 Å². The summed E-state index contributed by atoms with van der Waals surface area (Å²) < 4.78 is 40.2.